The van der Waals surface area contributed by atoms with Crippen molar-refractivity contribution in [3.63, 3.8) is 0 Å². The second-order valence-corrected chi connectivity index (χ2v) is 5.89. The number of hydrogen-bond acceptors (Lipinski definition) is 2. The minimum atomic E-state index is 0.354. The van der Waals surface area contributed by atoms with Gasteiger partial charge in [-0.05, 0) is 51.3 Å². The van der Waals surface area contributed by atoms with Crippen LogP contribution in [0.2, 0.25) is 0 Å². The van der Waals surface area contributed by atoms with Crippen molar-refractivity contribution < 1.29 is 0 Å². The molecule has 0 radical (unpaired) electrons. The molecule has 1 aromatic carbocycles. The Morgan fingerprint density at radius 3 is 2.33 bits per heavy atom. The summed E-state index contributed by atoms with van der Waals surface area (Å²) in [4.78, 5) is 0. The van der Waals surface area contributed by atoms with Crippen molar-refractivity contribution in [2.24, 2.45) is 7.05 Å². The smallest absolute Gasteiger partial charge is 0.0629 e. The van der Waals surface area contributed by atoms with E-state index in [1.165, 1.54) is 22.4 Å². The summed E-state index contributed by atoms with van der Waals surface area (Å²) in [6.07, 6.45) is 2.14. The van der Waals surface area contributed by atoms with E-state index in [2.05, 4.69) is 62.4 Å². The van der Waals surface area contributed by atoms with Crippen LogP contribution in [0.25, 0.3) is 0 Å². The SMILES string of the molecule is CCCNC(Cc1c(C)nn(C)c1C)c1ccc(C)cc1. The molecule has 1 aromatic heterocycles. The molecule has 0 saturated heterocycles. The number of nitrogens with zero attached hydrogens (tertiary/aromatic N) is 2. The van der Waals surface area contributed by atoms with Crippen molar-refractivity contribution in [3.05, 3.63) is 52.3 Å². The van der Waals surface area contributed by atoms with Gasteiger partial charge < -0.3 is 5.32 Å². The summed E-state index contributed by atoms with van der Waals surface area (Å²) in [6, 6.07) is 9.22. The summed E-state index contributed by atoms with van der Waals surface area (Å²) in [5, 5.41) is 8.22. The van der Waals surface area contributed by atoms with E-state index in [4.69, 9.17) is 0 Å². The highest BCUT2D eigenvalue weighted by molar-refractivity contribution is 5.30. The summed E-state index contributed by atoms with van der Waals surface area (Å²) >= 11 is 0. The molecule has 1 heterocycles. The van der Waals surface area contributed by atoms with Gasteiger partial charge in [0.1, 0.15) is 0 Å². The van der Waals surface area contributed by atoms with E-state index in [1.54, 1.807) is 0 Å². The van der Waals surface area contributed by atoms with Crippen LogP contribution in [0.1, 0.15) is 47.5 Å². The van der Waals surface area contributed by atoms with Crippen molar-refractivity contribution >= 4 is 0 Å². The Kier molecular flexibility index (Phi) is 5.18. The van der Waals surface area contributed by atoms with E-state index in [9.17, 15) is 0 Å². The van der Waals surface area contributed by atoms with Crippen LogP contribution in [-0.4, -0.2) is 16.3 Å². The van der Waals surface area contributed by atoms with Crippen LogP contribution in [0.3, 0.4) is 0 Å². The van der Waals surface area contributed by atoms with Crippen molar-refractivity contribution in [3.8, 4) is 0 Å². The summed E-state index contributed by atoms with van der Waals surface area (Å²) in [5.74, 6) is 0. The fourth-order valence-electron chi connectivity index (χ4n) is 2.74. The molecule has 2 rings (SSSR count). The van der Waals surface area contributed by atoms with Crippen LogP contribution < -0.4 is 5.32 Å². The normalized spacial score (nSPS) is 12.6. The first kappa shape index (κ1) is 15.8. The van der Waals surface area contributed by atoms with E-state index < -0.39 is 0 Å². The highest BCUT2D eigenvalue weighted by Gasteiger charge is 2.17. The third-order valence-electron chi connectivity index (χ3n) is 4.19. The molecule has 114 valence electrons. The van der Waals surface area contributed by atoms with Gasteiger partial charge in [-0.1, -0.05) is 36.8 Å². The molecule has 2 aromatic rings. The van der Waals surface area contributed by atoms with Gasteiger partial charge >= 0.3 is 0 Å². The molecular weight excluding hydrogens is 258 g/mol. The monoisotopic (exact) mass is 285 g/mol. The van der Waals surface area contributed by atoms with E-state index in [0.29, 0.717) is 6.04 Å². The molecule has 3 nitrogen and oxygen atoms in total. The van der Waals surface area contributed by atoms with Crippen LogP contribution in [0, 0.1) is 20.8 Å². The Balaban J connectivity index is 2.25. The number of nitrogens with one attached hydrogen (secondary N) is 1. The Labute approximate surface area is 128 Å². The molecule has 0 bridgehead atoms. The van der Waals surface area contributed by atoms with E-state index >= 15 is 0 Å². The fourth-order valence-corrected chi connectivity index (χ4v) is 2.74. The molecule has 0 aliphatic carbocycles. The number of aromatic nitrogens is 2. The fraction of sp³-hybridized carbons (Fsp3) is 0.500. The second kappa shape index (κ2) is 6.90. The van der Waals surface area contributed by atoms with E-state index in [-0.39, 0.29) is 0 Å². The van der Waals surface area contributed by atoms with Gasteiger partial charge in [-0.15, -0.1) is 0 Å². The molecule has 0 fully saturated rings. The zero-order valence-electron chi connectivity index (χ0n) is 13.9. The lowest BCUT2D eigenvalue weighted by molar-refractivity contribution is 0.527. The van der Waals surface area contributed by atoms with Gasteiger partial charge in [-0.2, -0.15) is 5.10 Å². The van der Waals surface area contributed by atoms with Gasteiger partial charge in [0.25, 0.3) is 0 Å². The number of aryl methyl sites for hydroxylation is 3. The number of rotatable bonds is 6. The largest absolute Gasteiger partial charge is 0.310 e. The lowest BCUT2D eigenvalue weighted by atomic mass is 9.97. The predicted octanol–water partition coefficient (Wildman–Crippen LogP) is 3.63. The molecule has 0 saturated carbocycles. The molecule has 0 spiro atoms. The Bertz CT molecular complexity index is 581. The van der Waals surface area contributed by atoms with Gasteiger partial charge in [0, 0.05) is 18.8 Å². The molecule has 3 heteroatoms. The molecular formula is C18H27N3. The van der Waals surface area contributed by atoms with Crippen molar-refractivity contribution in [2.75, 3.05) is 6.54 Å². The van der Waals surface area contributed by atoms with Crippen LogP contribution in [-0.2, 0) is 13.5 Å². The van der Waals surface area contributed by atoms with Gasteiger partial charge in [-0.3, -0.25) is 4.68 Å². The Morgan fingerprint density at radius 1 is 1.14 bits per heavy atom. The topological polar surface area (TPSA) is 29.9 Å². The summed E-state index contributed by atoms with van der Waals surface area (Å²) in [5.41, 5.74) is 6.44. The van der Waals surface area contributed by atoms with E-state index in [1.807, 2.05) is 11.7 Å². The standard InChI is InChI=1S/C18H27N3/c1-6-11-19-18(16-9-7-13(2)8-10-16)12-17-14(3)20-21(5)15(17)4/h7-10,18-19H,6,11-12H2,1-5H3. The number of hydrogen-bond donors (Lipinski definition) is 1. The lowest BCUT2D eigenvalue weighted by Crippen LogP contribution is -2.24. The van der Waals surface area contributed by atoms with Crippen LogP contribution in [0.15, 0.2) is 24.3 Å². The zero-order chi connectivity index (χ0) is 15.4. The highest BCUT2D eigenvalue weighted by atomic mass is 15.3. The number of benzene rings is 1. The molecule has 0 amide bonds. The third kappa shape index (κ3) is 3.73. The van der Waals surface area contributed by atoms with Gasteiger partial charge in [0.2, 0.25) is 0 Å². The lowest BCUT2D eigenvalue weighted by Gasteiger charge is -2.19. The maximum absolute atomic E-state index is 4.54. The summed E-state index contributed by atoms with van der Waals surface area (Å²) in [7, 11) is 2.02. The first-order chi connectivity index (χ1) is 10.0. The second-order valence-electron chi connectivity index (χ2n) is 5.89. The Morgan fingerprint density at radius 2 is 1.81 bits per heavy atom. The van der Waals surface area contributed by atoms with E-state index in [0.717, 1.165) is 25.1 Å². The van der Waals surface area contributed by atoms with Gasteiger partial charge in [0.15, 0.2) is 0 Å². The molecule has 1 unspecified atom stereocenters. The average Bonchev–Trinajstić information content (AvgIpc) is 2.70. The highest BCUT2D eigenvalue weighted by Crippen LogP contribution is 2.23. The molecule has 0 aliphatic heterocycles. The Hall–Kier alpha value is -1.61. The molecule has 0 aliphatic rings. The van der Waals surface area contributed by atoms with Crippen LogP contribution in [0.5, 0.6) is 0 Å². The maximum atomic E-state index is 4.54. The van der Waals surface area contributed by atoms with Gasteiger partial charge in [0.05, 0.1) is 5.69 Å². The minimum Gasteiger partial charge on any atom is -0.310 e. The average molecular weight is 285 g/mol. The molecule has 1 N–H and O–H groups in total. The quantitative estimate of drug-likeness (QED) is 0.878. The van der Waals surface area contributed by atoms with Crippen molar-refractivity contribution in [1.29, 1.82) is 0 Å². The summed E-state index contributed by atoms with van der Waals surface area (Å²) in [6.45, 7) is 9.64. The van der Waals surface area contributed by atoms with Crippen LogP contribution >= 0.6 is 0 Å². The first-order valence-electron chi connectivity index (χ1n) is 7.82. The van der Waals surface area contributed by atoms with Crippen LogP contribution in [0.4, 0.5) is 0 Å². The van der Waals surface area contributed by atoms with Crippen molar-refractivity contribution in [1.82, 2.24) is 15.1 Å². The predicted molar refractivity (Wildman–Crippen MR) is 88.6 cm³/mol. The molecule has 21 heavy (non-hydrogen) atoms. The maximum Gasteiger partial charge on any atom is 0.0629 e. The first-order valence-corrected chi connectivity index (χ1v) is 7.82. The van der Waals surface area contributed by atoms with Crippen molar-refractivity contribution in [2.45, 2.75) is 46.6 Å². The molecule has 1 atom stereocenters. The zero-order valence-corrected chi connectivity index (χ0v) is 13.9. The van der Waals surface area contributed by atoms with Gasteiger partial charge in [-0.25, -0.2) is 0 Å². The third-order valence-corrected chi connectivity index (χ3v) is 4.19. The summed E-state index contributed by atoms with van der Waals surface area (Å²) < 4.78 is 1.98. The minimum absolute atomic E-state index is 0.354.